The lowest BCUT2D eigenvalue weighted by Crippen LogP contribution is -2.62. The van der Waals surface area contributed by atoms with Crippen LogP contribution in [0.5, 0.6) is 0 Å². The van der Waals surface area contributed by atoms with Gasteiger partial charge in [0.1, 0.15) is 0 Å². The zero-order valence-corrected chi connectivity index (χ0v) is 9.55. The van der Waals surface area contributed by atoms with Gasteiger partial charge in [0.25, 0.3) is 0 Å². The highest BCUT2D eigenvalue weighted by Crippen LogP contribution is 2.48. The zero-order valence-electron chi connectivity index (χ0n) is 9.55. The maximum Gasteiger partial charge on any atom is 0.459 e. The topological polar surface area (TPSA) is 29.1 Å². The van der Waals surface area contributed by atoms with Crippen molar-refractivity contribution in [1.29, 1.82) is 0 Å². The molecule has 0 aromatic rings. The summed E-state index contributed by atoms with van der Waals surface area (Å²) < 4.78 is 87.6. The second kappa shape index (κ2) is 5.31. The standard InChI is InChI=1S/C9H12F7NO/c1-3-4-6(17-5(2)18)7(10,11)8(12,13)9(14,15)16/h6H,3-4H2,1-2H3,(H,17,18)/t6-/m0/s1. The lowest BCUT2D eigenvalue weighted by molar-refractivity contribution is -0.360. The van der Waals surface area contributed by atoms with Gasteiger partial charge in [-0.3, -0.25) is 4.79 Å². The molecule has 0 aromatic carbocycles. The third-order valence-electron chi connectivity index (χ3n) is 2.17. The second-order valence-electron chi connectivity index (χ2n) is 3.74. The molecule has 0 saturated carbocycles. The largest absolute Gasteiger partial charge is 0.459 e. The summed E-state index contributed by atoms with van der Waals surface area (Å²) in [6.07, 6.45) is -7.17. The van der Waals surface area contributed by atoms with Gasteiger partial charge in [-0.05, 0) is 6.42 Å². The van der Waals surface area contributed by atoms with Gasteiger partial charge in [0.05, 0.1) is 6.04 Å². The van der Waals surface area contributed by atoms with Crippen molar-refractivity contribution in [3.8, 4) is 0 Å². The Morgan fingerprint density at radius 2 is 1.56 bits per heavy atom. The van der Waals surface area contributed by atoms with Crippen molar-refractivity contribution in [1.82, 2.24) is 5.32 Å². The molecule has 1 amide bonds. The molecular weight excluding hydrogens is 271 g/mol. The van der Waals surface area contributed by atoms with Crippen LogP contribution in [-0.4, -0.2) is 30.0 Å². The maximum atomic E-state index is 13.2. The molecule has 0 unspecified atom stereocenters. The third-order valence-corrected chi connectivity index (χ3v) is 2.17. The number of rotatable bonds is 5. The Hall–Kier alpha value is -1.02. The number of amides is 1. The lowest BCUT2D eigenvalue weighted by Gasteiger charge is -2.34. The summed E-state index contributed by atoms with van der Waals surface area (Å²) in [6, 6.07) is -2.57. The van der Waals surface area contributed by atoms with E-state index in [0.29, 0.717) is 0 Å². The molecule has 0 saturated heterocycles. The number of halogens is 7. The van der Waals surface area contributed by atoms with Gasteiger partial charge in [-0.25, -0.2) is 0 Å². The van der Waals surface area contributed by atoms with E-state index in [1.807, 2.05) is 0 Å². The van der Waals surface area contributed by atoms with Gasteiger partial charge in [0.2, 0.25) is 5.91 Å². The van der Waals surface area contributed by atoms with E-state index in [1.165, 1.54) is 12.2 Å². The van der Waals surface area contributed by atoms with Crippen LogP contribution in [0.4, 0.5) is 30.7 Å². The van der Waals surface area contributed by atoms with Crippen LogP contribution in [0.1, 0.15) is 26.7 Å². The van der Waals surface area contributed by atoms with Crippen molar-refractivity contribution in [3.63, 3.8) is 0 Å². The molecule has 0 heterocycles. The number of nitrogens with one attached hydrogen (secondary N) is 1. The zero-order chi connectivity index (χ0) is 14.8. The average Bonchev–Trinajstić information content (AvgIpc) is 2.14. The van der Waals surface area contributed by atoms with E-state index in [4.69, 9.17) is 0 Å². The molecule has 1 atom stereocenters. The highest BCUT2D eigenvalue weighted by atomic mass is 19.4. The Morgan fingerprint density at radius 3 is 1.83 bits per heavy atom. The molecule has 2 nitrogen and oxygen atoms in total. The van der Waals surface area contributed by atoms with E-state index in [-0.39, 0.29) is 6.42 Å². The van der Waals surface area contributed by atoms with E-state index in [9.17, 15) is 35.5 Å². The molecule has 0 aliphatic carbocycles. The highest BCUT2D eigenvalue weighted by Gasteiger charge is 2.75. The van der Waals surface area contributed by atoms with Crippen molar-refractivity contribution >= 4 is 5.91 Å². The SMILES string of the molecule is CCC[C@H](NC(C)=O)C(F)(F)C(F)(F)C(F)(F)F. The molecule has 1 N–H and O–H groups in total. The minimum atomic E-state index is -6.39. The second-order valence-corrected chi connectivity index (χ2v) is 3.74. The van der Waals surface area contributed by atoms with E-state index < -0.39 is 36.4 Å². The van der Waals surface area contributed by atoms with Gasteiger partial charge in [0, 0.05) is 6.92 Å². The fourth-order valence-corrected chi connectivity index (χ4v) is 1.29. The normalized spacial score (nSPS) is 15.4. The number of carbonyl (C=O) groups excluding carboxylic acids is 1. The Balaban J connectivity index is 5.34. The summed E-state index contributed by atoms with van der Waals surface area (Å²) in [5, 5.41) is 1.43. The smallest absolute Gasteiger partial charge is 0.347 e. The molecule has 9 heteroatoms. The first-order valence-electron chi connectivity index (χ1n) is 4.97. The molecule has 0 bridgehead atoms. The van der Waals surface area contributed by atoms with E-state index in [1.54, 1.807) is 0 Å². The van der Waals surface area contributed by atoms with Crippen LogP contribution in [-0.2, 0) is 4.79 Å². The average molecular weight is 283 g/mol. The quantitative estimate of drug-likeness (QED) is 0.772. The summed E-state index contributed by atoms with van der Waals surface area (Å²) in [7, 11) is 0. The van der Waals surface area contributed by atoms with Gasteiger partial charge < -0.3 is 5.32 Å². The Bertz CT molecular complexity index is 300. The number of alkyl halides is 7. The van der Waals surface area contributed by atoms with E-state index in [0.717, 1.165) is 6.92 Å². The molecule has 18 heavy (non-hydrogen) atoms. The van der Waals surface area contributed by atoms with Crippen molar-refractivity contribution in [2.75, 3.05) is 0 Å². The van der Waals surface area contributed by atoms with Crippen molar-refractivity contribution in [2.24, 2.45) is 0 Å². The fraction of sp³-hybridized carbons (Fsp3) is 0.889. The lowest BCUT2D eigenvalue weighted by atomic mass is 9.98. The van der Waals surface area contributed by atoms with Crippen LogP contribution in [0.25, 0.3) is 0 Å². The van der Waals surface area contributed by atoms with Crippen LogP contribution in [0.2, 0.25) is 0 Å². The van der Waals surface area contributed by atoms with Crippen LogP contribution in [0.3, 0.4) is 0 Å². The van der Waals surface area contributed by atoms with Crippen LogP contribution in [0, 0.1) is 0 Å². The van der Waals surface area contributed by atoms with Crippen LogP contribution < -0.4 is 5.32 Å². The fourth-order valence-electron chi connectivity index (χ4n) is 1.29. The van der Waals surface area contributed by atoms with Crippen molar-refractivity contribution in [2.45, 2.75) is 50.8 Å². The minimum Gasteiger partial charge on any atom is -0.347 e. The summed E-state index contributed by atoms with van der Waals surface area (Å²) >= 11 is 0. The molecule has 0 aromatic heterocycles. The first kappa shape index (κ1) is 17.0. The molecule has 0 radical (unpaired) electrons. The van der Waals surface area contributed by atoms with Crippen molar-refractivity contribution < 1.29 is 35.5 Å². The van der Waals surface area contributed by atoms with Gasteiger partial charge in [-0.1, -0.05) is 13.3 Å². The van der Waals surface area contributed by atoms with E-state index in [2.05, 4.69) is 0 Å². The van der Waals surface area contributed by atoms with Gasteiger partial charge in [0.15, 0.2) is 0 Å². The highest BCUT2D eigenvalue weighted by molar-refractivity contribution is 5.73. The molecular formula is C9H12F7NO. The first-order chi connectivity index (χ1) is 7.88. The maximum absolute atomic E-state index is 13.2. The third kappa shape index (κ3) is 3.26. The van der Waals surface area contributed by atoms with Crippen LogP contribution in [0.15, 0.2) is 0 Å². The molecule has 0 aliphatic rings. The molecule has 0 spiro atoms. The Kier molecular flexibility index (Phi) is 5.01. The van der Waals surface area contributed by atoms with Gasteiger partial charge in [-0.2, -0.15) is 30.7 Å². The summed E-state index contributed by atoms with van der Waals surface area (Å²) in [4.78, 5) is 10.6. The molecule has 0 fully saturated rings. The summed E-state index contributed by atoms with van der Waals surface area (Å²) in [5.41, 5.74) is 0. The summed E-state index contributed by atoms with van der Waals surface area (Å²) in [6.45, 7) is 2.07. The molecule has 108 valence electrons. The predicted molar refractivity (Wildman–Crippen MR) is 48.5 cm³/mol. The predicted octanol–water partition coefficient (Wildman–Crippen LogP) is 3.12. The van der Waals surface area contributed by atoms with Gasteiger partial charge >= 0.3 is 18.0 Å². The number of hydrogen-bond donors (Lipinski definition) is 1. The summed E-state index contributed by atoms with van der Waals surface area (Å²) in [5.74, 6) is -12.7. The Morgan fingerprint density at radius 1 is 1.11 bits per heavy atom. The molecule has 0 aliphatic heterocycles. The van der Waals surface area contributed by atoms with Gasteiger partial charge in [-0.15, -0.1) is 0 Å². The van der Waals surface area contributed by atoms with E-state index >= 15 is 0 Å². The van der Waals surface area contributed by atoms with Crippen molar-refractivity contribution in [3.05, 3.63) is 0 Å². The minimum absolute atomic E-state index is 0.0888. The number of hydrogen-bond acceptors (Lipinski definition) is 1. The monoisotopic (exact) mass is 283 g/mol. The molecule has 0 rings (SSSR count). The number of carbonyl (C=O) groups is 1. The first-order valence-corrected chi connectivity index (χ1v) is 4.97. The van der Waals surface area contributed by atoms with Crippen LogP contribution >= 0.6 is 0 Å². The Labute approximate surface area is 98.5 Å².